The molecular weight excluding hydrogens is 348 g/mol. The van der Waals surface area contributed by atoms with Crippen molar-refractivity contribution in [1.29, 1.82) is 0 Å². The SMILES string of the molecule is FC(F)(F)C(F)(F)C(F)(F)C(F)(F)F.O=C1CC(O)C(=O)N1. The second kappa shape index (κ2) is 5.89. The standard InChI is InChI=1S/C4F10.C4H5NO3/c5-1(6,3(9,10)11)2(7,8)4(12,13)14;6-2-1-3(7)5-4(2)8/h;2,6H,1H2,(H,5,7,8). The Morgan fingerprint density at radius 1 is 0.818 bits per heavy atom. The van der Waals surface area contributed by atoms with Crippen LogP contribution in [0.3, 0.4) is 0 Å². The maximum absolute atomic E-state index is 11.6. The molecule has 1 aliphatic heterocycles. The molecule has 1 fully saturated rings. The largest absolute Gasteiger partial charge is 0.460 e. The number of hydrogen-bond acceptors (Lipinski definition) is 3. The highest BCUT2D eigenvalue weighted by Gasteiger charge is 2.82. The second-order valence-corrected chi connectivity index (χ2v) is 3.78. The Morgan fingerprint density at radius 2 is 1.14 bits per heavy atom. The van der Waals surface area contributed by atoms with Gasteiger partial charge in [-0.3, -0.25) is 14.9 Å². The third kappa shape index (κ3) is 3.98. The lowest BCUT2D eigenvalue weighted by atomic mass is 10.1. The predicted molar refractivity (Wildman–Crippen MR) is 45.8 cm³/mol. The van der Waals surface area contributed by atoms with E-state index in [0.717, 1.165) is 0 Å². The molecule has 0 bridgehead atoms. The van der Waals surface area contributed by atoms with E-state index in [2.05, 4.69) is 0 Å². The maximum atomic E-state index is 11.6. The van der Waals surface area contributed by atoms with E-state index < -0.39 is 42.1 Å². The van der Waals surface area contributed by atoms with Crippen LogP contribution in [0.1, 0.15) is 6.42 Å². The van der Waals surface area contributed by atoms with Gasteiger partial charge < -0.3 is 5.11 Å². The highest BCUT2D eigenvalue weighted by molar-refractivity contribution is 6.04. The van der Waals surface area contributed by atoms with Crippen molar-refractivity contribution in [3.63, 3.8) is 0 Å². The molecule has 0 radical (unpaired) electrons. The quantitative estimate of drug-likeness (QED) is 0.558. The van der Waals surface area contributed by atoms with Gasteiger partial charge in [-0.2, -0.15) is 43.9 Å². The Kier molecular flexibility index (Phi) is 5.46. The van der Waals surface area contributed by atoms with Gasteiger partial charge in [-0.1, -0.05) is 0 Å². The number of nitrogens with one attached hydrogen (secondary N) is 1. The molecule has 1 heterocycles. The molecule has 1 saturated heterocycles. The van der Waals surface area contributed by atoms with Gasteiger partial charge in [0.05, 0.1) is 6.42 Å². The number of hydrogen-bond donors (Lipinski definition) is 2. The van der Waals surface area contributed by atoms with Crippen molar-refractivity contribution < 1.29 is 58.6 Å². The number of amides is 2. The number of halogens is 10. The number of carbonyl (C=O) groups excluding carboxylic acids is 2. The van der Waals surface area contributed by atoms with Gasteiger partial charge in [0.1, 0.15) is 6.10 Å². The molecule has 2 N–H and O–H groups in total. The minimum absolute atomic E-state index is 0.0845. The van der Waals surface area contributed by atoms with Gasteiger partial charge in [0.25, 0.3) is 5.91 Å². The summed E-state index contributed by atoms with van der Waals surface area (Å²) in [5.41, 5.74) is 0. The van der Waals surface area contributed by atoms with Crippen LogP contribution in [0.15, 0.2) is 0 Å². The zero-order chi connectivity index (χ0) is 18.1. The van der Waals surface area contributed by atoms with Crippen LogP contribution in [0.25, 0.3) is 0 Å². The molecule has 0 aromatic heterocycles. The summed E-state index contributed by atoms with van der Waals surface area (Å²) in [6.45, 7) is 0. The first-order valence-corrected chi connectivity index (χ1v) is 4.86. The third-order valence-corrected chi connectivity index (χ3v) is 2.05. The van der Waals surface area contributed by atoms with Crippen molar-refractivity contribution in [2.24, 2.45) is 0 Å². The Labute approximate surface area is 114 Å². The van der Waals surface area contributed by atoms with Crippen molar-refractivity contribution in [3.8, 4) is 0 Å². The Balaban J connectivity index is 0.000000461. The minimum atomic E-state index is -7.14. The van der Waals surface area contributed by atoms with Gasteiger partial charge in [-0.05, 0) is 0 Å². The Bertz CT molecular complexity index is 416. The molecule has 130 valence electrons. The van der Waals surface area contributed by atoms with E-state index in [-0.39, 0.29) is 6.42 Å². The van der Waals surface area contributed by atoms with Crippen LogP contribution in [0.5, 0.6) is 0 Å². The molecule has 1 unspecified atom stereocenters. The highest BCUT2D eigenvalue weighted by Crippen LogP contribution is 2.53. The zero-order valence-corrected chi connectivity index (χ0v) is 9.83. The summed E-state index contributed by atoms with van der Waals surface area (Å²) in [5.74, 6) is -15.3. The van der Waals surface area contributed by atoms with Crippen LogP contribution in [0.4, 0.5) is 43.9 Å². The van der Waals surface area contributed by atoms with Crippen LogP contribution in [-0.4, -0.2) is 47.2 Å². The second-order valence-electron chi connectivity index (χ2n) is 3.78. The molecule has 0 aromatic carbocycles. The molecule has 1 atom stereocenters. The van der Waals surface area contributed by atoms with E-state index in [1.807, 2.05) is 5.32 Å². The first kappa shape index (κ1) is 20.4. The van der Waals surface area contributed by atoms with E-state index in [9.17, 15) is 53.5 Å². The van der Waals surface area contributed by atoms with E-state index in [1.165, 1.54) is 0 Å². The van der Waals surface area contributed by atoms with Gasteiger partial charge >= 0.3 is 24.2 Å². The summed E-state index contributed by atoms with van der Waals surface area (Å²) in [6.07, 6.45) is -15.1. The van der Waals surface area contributed by atoms with E-state index >= 15 is 0 Å². The van der Waals surface area contributed by atoms with Crippen molar-refractivity contribution in [2.45, 2.75) is 36.7 Å². The molecular formula is C8H5F10NO3. The van der Waals surface area contributed by atoms with Gasteiger partial charge in [0.15, 0.2) is 0 Å². The molecule has 0 aliphatic carbocycles. The summed E-state index contributed by atoms with van der Waals surface area (Å²) < 4.78 is 113. The predicted octanol–water partition coefficient (Wildman–Crippen LogP) is 1.78. The molecule has 1 aliphatic rings. The van der Waals surface area contributed by atoms with Crippen LogP contribution in [-0.2, 0) is 9.59 Å². The number of carbonyl (C=O) groups is 2. The molecule has 14 heteroatoms. The highest BCUT2D eigenvalue weighted by atomic mass is 19.4. The number of rotatable bonds is 1. The molecule has 2 amide bonds. The van der Waals surface area contributed by atoms with E-state index in [4.69, 9.17) is 5.11 Å². The molecule has 1 rings (SSSR count). The van der Waals surface area contributed by atoms with Gasteiger partial charge in [0.2, 0.25) is 5.91 Å². The average molecular weight is 353 g/mol. The lowest BCUT2D eigenvalue weighted by Gasteiger charge is -2.29. The summed E-state index contributed by atoms with van der Waals surface area (Å²) in [6, 6.07) is 0. The summed E-state index contributed by atoms with van der Waals surface area (Å²) >= 11 is 0. The summed E-state index contributed by atoms with van der Waals surface area (Å²) in [4.78, 5) is 20.4. The first-order chi connectivity index (χ1) is 9.45. The molecule has 0 aromatic rings. The van der Waals surface area contributed by atoms with Crippen LogP contribution >= 0.6 is 0 Å². The van der Waals surface area contributed by atoms with E-state index in [1.54, 1.807) is 0 Å². The lowest BCUT2D eigenvalue weighted by molar-refractivity contribution is -0.419. The topological polar surface area (TPSA) is 66.4 Å². The number of aliphatic hydroxyl groups excluding tert-OH is 1. The third-order valence-electron chi connectivity index (χ3n) is 2.05. The fourth-order valence-corrected chi connectivity index (χ4v) is 0.896. The summed E-state index contributed by atoms with van der Waals surface area (Å²) in [7, 11) is 0. The van der Waals surface area contributed by atoms with Crippen molar-refractivity contribution in [2.75, 3.05) is 0 Å². The van der Waals surface area contributed by atoms with Crippen molar-refractivity contribution in [1.82, 2.24) is 5.32 Å². The zero-order valence-electron chi connectivity index (χ0n) is 9.83. The Morgan fingerprint density at radius 3 is 1.23 bits per heavy atom. The molecule has 0 saturated carbocycles. The molecule has 22 heavy (non-hydrogen) atoms. The van der Waals surface area contributed by atoms with Gasteiger partial charge in [-0.25, -0.2) is 0 Å². The smallest absolute Gasteiger partial charge is 0.383 e. The lowest BCUT2D eigenvalue weighted by Crippen LogP contribution is -2.59. The van der Waals surface area contributed by atoms with Gasteiger partial charge in [-0.15, -0.1) is 0 Å². The van der Waals surface area contributed by atoms with Crippen LogP contribution in [0.2, 0.25) is 0 Å². The van der Waals surface area contributed by atoms with E-state index in [0.29, 0.717) is 0 Å². The number of alkyl halides is 10. The average Bonchev–Trinajstić information content (AvgIpc) is 2.53. The number of imide groups is 1. The van der Waals surface area contributed by atoms with Crippen molar-refractivity contribution in [3.05, 3.63) is 0 Å². The fourth-order valence-electron chi connectivity index (χ4n) is 0.896. The first-order valence-electron chi connectivity index (χ1n) is 4.86. The summed E-state index contributed by atoms with van der Waals surface area (Å²) in [5, 5.41) is 10.5. The van der Waals surface area contributed by atoms with Crippen LogP contribution < -0.4 is 5.32 Å². The number of aliphatic hydroxyl groups is 1. The maximum Gasteiger partial charge on any atom is 0.460 e. The van der Waals surface area contributed by atoms with Crippen LogP contribution in [0, 0.1) is 0 Å². The molecule has 0 spiro atoms. The minimum Gasteiger partial charge on any atom is -0.383 e. The fraction of sp³-hybridized carbons (Fsp3) is 0.750. The van der Waals surface area contributed by atoms with Gasteiger partial charge in [0, 0.05) is 0 Å². The Hall–Kier alpha value is -1.60. The molecule has 4 nitrogen and oxygen atoms in total. The monoisotopic (exact) mass is 353 g/mol. The van der Waals surface area contributed by atoms with Crippen molar-refractivity contribution >= 4 is 11.8 Å². The normalized spacial score (nSPS) is 20.4.